The number of benzene rings is 2. The first kappa shape index (κ1) is 14.0. The molecule has 1 aliphatic rings. The quantitative estimate of drug-likeness (QED) is 0.473. The van der Waals surface area contributed by atoms with Gasteiger partial charge in [0.1, 0.15) is 5.69 Å². The molecule has 116 valence electrons. The molecule has 4 heteroatoms. The van der Waals surface area contributed by atoms with Gasteiger partial charge in [0.05, 0.1) is 4.88 Å². The number of thiophene rings is 1. The first-order chi connectivity index (χ1) is 11.8. The predicted molar refractivity (Wildman–Crippen MR) is 102 cm³/mol. The lowest BCUT2D eigenvalue weighted by Crippen LogP contribution is -2.06. The third-order valence-electron chi connectivity index (χ3n) is 4.51. The Morgan fingerprint density at radius 3 is 2.62 bits per heavy atom. The van der Waals surface area contributed by atoms with Crippen molar-refractivity contribution in [2.24, 2.45) is 0 Å². The molecule has 4 aromatic rings. The minimum absolute atomic E-state index is 0.790. The highest BCUT2D eigenvalue weighted by Gasteiger charge is 2.26. The summed E-state index contributed by atoms with van der Waals surface area (Å²) in [7, 11) is 0. The van der Waals surface area contributed by atoms with E-state index < -0.39 is 0 Å². The third-order valence-corrected chi connectivity index (χ3v) is 6.33. The molecule has 0 bridgehead atoms. The fourth-order valence-electron chi connectivity index (χ4n) is 3.45. The van der Waals surface area contributed by atoms with E-state index in [9.17, 15) is 0 Å². The Labute approximate surface area is 148 Å². The monoisotopic (exact) mass is 347 g/mol. The third kappa shape index (κ3) is 2.11. The molecule has 0 saturated heterocycles. The Balaban J connectivity index is 1.64. The molecular formula is C20H15N2S2+. The summed E-state index contributed by atoms with van der Waals surface area (Å²) in [5.41, 5.74) is 13.6. The number of aromatic nitrogens is 1. The van der Waals surface area contributed by atoms with Crippen molar-refractivity contribution in [2.45, 2.75) is 6.42 Å². The normalized spacial score (nSPS) is 12.2. The summed E-state index contributed by atoms with van der Waals surface area (Å²) in [6.07, 6.45) is 0.970. The van der Waals surface area contributed by atoms with Gasteiger partial charge in [0.2, 0.25) is 0 Å². The van der Waals surface area contributed by atoms with Gasteiger partial charge in [-0.25, -0.2) is 4.98 Å². The number of H-pyrrole nitrogens is 1. The number of nitrogen functional groups attached to an aromatic ring is 1. The van der Waals surface area contributed by atoms with Crippen LogP contribution in [-0.4, -0.2) is 0 Å². The number of thiazole rings is 1. The van der Waals surface area contributed by atoms with Crippen molar-refractivity contribution in [2.75, 3.05) is 5.73 Å². The van der Waals surface area contributed by atoms with E-state index in [1.165, 1.54) is 43.3 Å². The first-order valence-corrected chi connectivity index (χ1v) is 9.56. The molecule has 0 fully saturated rings. The summed E-state index contributed by atoms with van der Waals surface area (Å²) in [4.78, 5) is 5.95. The molecule has 0 amide bonds. The van der Waals surface area contributed by atoms with E-state index >= 15 is 0 Å². The molecule has 5 rings (SSSR count). The Hall–Kier alpha value is -2.43. The zero-order valence-electron chi connectivity index (χ0n) is 12.9. The highest BCUT2D eigenvalue weighted by atomic mass is 32.1. The summed E-state index contributed by atoms with van der Waals surface area (Å²) in [5, 5.41) is 2.92. The van der Waals surface area contributed by atoms with Crippen LogP contribution < -0.4 is 10.7 Å². The van der Waals surface area contributed by atoms with Crippen LogP contribution in [0.1, 0.15) is 10.4 Å². The van der Waals surface area contributed by atoms with E-state index in [0.29, 0.717) is 0 Å². The van der Waals surface area contributed by atoms with Gasteiger partial charge in [-0.3, -0.25) is 5.73 Å². The summed E-state index contributed by atoms with van der Waals surface area (Å²) < 4.78 is 0. The maximum absolute atomic E-state index is 5.91. The Morgan fingerprint density at radius 2 is 1.79 bits per heavy atom. The Morgan fingerprint density at radius 1 is 0.917 bits per heavy atom. The number of hydrogen-bond acceptors (Lipinski definition) is 3. The minimum atomic E-state index is 0.790. The predicted octanol–water partition coefficient (Wildman–Crippen LogP) is 5.11. The number of aromatic amines is 1. The van der Waals surface area contributed by atoms with Crippen molar-refractivity contribution in [3.63, 3.8) is 0 Å². The lowest BCUT2D eigenvalue weighted by molar-refractivity contribution is -0.340. The van der Waals surface area contributed by atoms with Gasteiger partial charge in [0, 0.05) is 16.9 Å². The highest BCUT2D eigenvalue weighted by molar-refractivity contribution is 7.15. The zero-order chi connectivity index (χ0) is 16.1. The largest absolute Gasteiger partial charge is 0.330 e. The summed E-state index contributed by atoms with van der Waals surface area (Å²) >= 11 is 3.45. The van der Waals surface area contributed by atoms with Crippen LogP contribution in [0.4, 0.5) is 5.13 Å². The molecule has 1 aliphatic carbocycles. The van der Waals surface area contributed by atoms with Crippen LogP contribution in [0, 0.1) is 0 Å². The molecule has 2 nitrogen and oxygen atoms in total. The zero-order valence-corrected chi connectivity index (χ0v) is 14.5. The maximum Gasteiger partial charge on any atom is 0.330 e. The Bertz CT molecular complexity index is 1050. The molecule has 2 aromatic carbocycles. The van der Waals surface area contributed by atoms with Gasteiger partial charge in [0.25, 0.3) is 0 Å². The van der Waals surface area contributed by atoms with Crippen molar-refractivity contribution >= 4 is 27.8 Å². The average molecular weight is 347 g/mol. The fourth-order valence-corrected chi connectivity index (χ4v) is 5.13. The molecular weight excluding hydrogens is 332 g/mol. The number of nitrogens with one attached hydrogen (secondary N) is 1. The van der Waals surface area contributed by atoms with Gasteiger partial charge in [-0.05, 0) is 39.8 Å². The second kappa shape index (κ2) is 5.30. The molecule has 2 aromatic heterocycles. The lowest BCUT2D eigenvalue weighted by atomic mass is 9.95. The van der Waals surface area contributed by atoms with Gasteiger partial charge < -0.3 is 0 Å². The molecule has 0 atom stereocenters. The second-order valence-electron chi connectivity index (χ2n) is 5.96. The number of rotatable bonds is 2. The molecule has 2 heterocycles. The van der Waals surface area contributed by atoms with Gasteiger partial charge in [-0.2, -0.15) is 0 Å². The van der Waals surface area contributed by atoms with E-state index in [2.05, 4.69) is 65.0 Å². The van der Waals surface area contributed by atoms with Crippen LogP contribution in [0.3, 0.4) is 0 Å². The van der Waals surface area contributed by atoms with Gasteiger partial charge >= 0.3 is 5.13 Å². The van der Waals surface area contributed by atoms with Crippen LogP contribution in [0.5, 0.6) is 0 Å². The van der Waals surface area contributed by atoms with E-state index in [1.54, 1.807) is 22.7 Å². The summed E-state index contributed by atoms with van der Waals surface area (Å²) in [5.74, 6) is 0. The highest BCUT2D eigenvalue weighted by Crippen LogP contribution is 2.41. The van der Waals surface area contributed by atoms with Gasteiger partial charge in [-0.1, -0.05) is 53.8 Å². The summed E-state index contributed by atoms with van der Waals surface area (Å²) in [6, 6.07) is 19.7. The SMILES string of the molecule is Nc1[nH+]c2c(s1)Cc1cc(-c3ccccc3-c3cccs3)ccc1-2. The number of anilines is 1. The number of fused-ring (bicyclic) bond motifs is 3. The minimum Gasteiger partial charge on any atom is -0.278 e. The van der Waals surface area contributed by atoms with Crippen molar-refractivity contribution < 1.29 is 4.98 Å². The van der Waals surface area contributed by atoms with E-state index in [-0.39, 0.29) is 0 Å². The smallest absolute Gasteiger partial charge is 0.278 e. The van der Waals surface area contributed by atoms with Crippen LogP contribution in [0.15, 0.2) is 60.0 Å². The standard InChI is InChI=1S/C20H14N2S2/c21-20-22-19-15-8-7-12(10-13(15)11-18(19)24-20)14-4-1-2-5-16(14)17-6-3-9-23-17/h1-10H,11H2,(H2,21,22)/p+1. The van der Waals surface area contributed by atoms with Gasteiger partial charge in [0.15, 0.2) is 0 Å². The van der Waals surface area contributed by atoms with Crippen LogP contribution in [0.25, 0.3) is 32.8 Å². The topological polar surface area (TPSA) is 40.2 Å². The average Bonchev–Trinajstić information content (AvgIpc) is 3.30. The van der Waals surface area contributed by atoms with Gasteiger partial charge in [-0.15, -0.1) is 11.3 Å². The van der Waals surface area contributed by atoms with Crippen LogP contribution >= 0.6 is 22.7 Å². The van der Waals surface area contributed by atoms with E-state index in [0.717, 1.165) is 11.6 Å². The van der Waals surface area contributed by atoms with Crippen molar-refractivity contribution in [3.8, 4) is 32.8 Å². The van der Waals surface area contributed by atoms with Crippen LogP contribution in [0.2, 0.25) is 0 Å². The molecule has 0 saturated carbocycles. The van der Waals surface area contributed by atoms with Crippen molar-refractivity contribution in [1.29, 1.82) is 0 Å². The molecule has 24 heavy (non-hydrogen) atoms. The molecule has 0 spiro atoms. The molecule has 0 unspecified atom stereocenters. The van der Waals surface area contributed by atoms with E-state index in [1.807, 2.05) is 0 Å². The lowest BCUT2D eigenvalue weighted by Gasteiger charge is -2.10. The molecule has 0 radical (unpaired) electrons. The first-order valence-electron chi connectivity index (χ1n) is 7.86. The second-order valence-corrected chi connectivity index (χ2v) is 8.05. The van der Waals surface area contributed by atoms with E-state index in [4.69, 9.17) is 5.73 Å². The fraction of sp³-hybridized carbons (Fsp3) is 0.0500. The van der Waals surface area contributed by atoms with Crippen LogP contribution in [-0.2, 0) is 6.42 Å². The van der Waals surface area contributed by atoms with Crippen molar-refractivity contribution in [3.05, 3.63) is 70.4 Å². The maximum atomic E-state index is 5.91. The number of nitrogens with two attached hydrogens (primary N) is 1. The molecule has 0 aliphatic heterocycles. The van der Waals surface area contributed by atoms with Crippen molar-refractivity contribution in [1.82, 2.24) is 0 Å². The molecule has 3 N–H and O–H groups in total. The number of hydrogen-bond donors (Lipinski definition) is 1. The Kier molecular flexibility index (Phi) is 3.08. The summed E-state index contributed by atoms with van der Waals surface area (Å²) in [6.45, 7) is 0.